The molecule has 2 heterocycles. The Bertz CT molecular complexity index is 1310. The molecule has 8 heteroatoms. The van der Waals surface area contributed by atoms with Crippen molar-refractivity contribution in [1.29, 1.82) is 0 Å². The minimum absolute atomic E-state index is 0.294. The molecule has 3 amide bonds. The van der Waals surface area contributed by atoms with E-state index in [1.807, 2.05) is 31.2 Å². The van der Waals surface area contributed by atoms with Crippen LogP contribution in [-0.2, 0) is 4.79 Å². The van der Waals surface area contributed by atoms with Crippen LogP contribution in [0.2, 0.25) is 0 Å². The molecule has 0 saturated carbocycles. The average Bonchev–Trinajstić information content (AvgIpc) is 3.11. The van der Waals surface area contributed by atoms with Gasteiger partial charge in [-0.2, -0.15) is 0 Å². The number of aryl methyl sites for hydroxylation is 1. The zero-order valence-electron chi connectivity index (χ0n) is 19.8. The number of hydrogen-bond acceptors (Lipinski definition) is 6. The second-order valence-corrected chi connectivity index (χ2v) is 8.42. The second-order valence-electron chi connectivity index (χ2n) is 8.42. The van der Waals surface area contributed by atoms with Crippen molar-refractivity contribution in [3.8, 4) is 17.2 Å². The van der Waals surface area contributed by atoms with Crippen molar-refractivity contribution in [2.24, 2.45) is 0 Å². The highest BCUT2D eigenvalue weighted by Crippen LogP contribution is 2.48. The summed E-state index contributed by atoms with van der Waals surface area (Å²) in [5.74, 6) is -0.0822. The molecule has 178 valence electrons. The quantitative estimate of drug-likeness (QED) is 0.401. The lowest BCUT2D eigenvalue weighted by molar-refractivity contribution is -0.130. The topological polar surface area (TPSA) is 85.4 Å². The fourth-order valence-electron chi connectivity index (χ4n) is 4.86. The van der Waals surface area contributed by atoms with Crippen LogP contribution in [0.1, 0.15) is 37.9 Å². The summed E-state index contributed by atoms with van der Waals surface area (Å²) < 4.78 is 16.5. The fourth-order valence-corrected chi connectivity index (χ4v) is 4.86. The third-order valence-corrected chi connectivity index (χ3v) is 6.48. The second kappa shape index (κ2) is 8.47. The van der Waals surface area contributed by atoms with Gasteiger partial charge >= 0.3 is 0 Å². The highest BCUT2D eigenvalue weighted by Gasteiger charge is 2.57. The van der Waals surface area contributed by atoms with Gasteiger partial charge in [0.15, 0.2) is 11.5 Å². The molecule has 3 aromatic carbocycles. The number of β-lactam (4-membered cyclic amide) rings is 1. The minimum Gasteiger partial charge on any atom is -0.493 e. The first-order chi connectivity index (χ1) is 16.9. The average molecular weight is 472 g/mol. The van der Waals surface area contributed by atoms with Crippen molar-refractivity contribution in [2.75, 3.05) is 26.2 Å². The molecule has 0 aliphatic carbocycles. The standard InChI is InChI=1S/C27H24N2O6/c1-15-8-7-9-17(12-15)28-22(16-13-20(33-2)24(35-4)21(14-16)34-3)23(27(28)32)29-25(30)18-10-5-6-11-19(18)26(29)31/h5-14,22-23H,1-4H3/t22-,23-/m0/s1. The maximum atomic E-state index is 13.6. The van der Waals surface area contributed by atoms with Crippen molar-refractivity contribution >= 4 is 23.4 Å². The number of fused-ring (bicyclic) bond motifs is 1. The summed E-state index contributed by atoms with van der Waals surface area (Å²) in [4.78, 5) is 42.8. The Kier molecular flexibility index (Phi) is 5.43. The SMILES string of the molecule is COc1cc([C@H]2[C@H](N3C(=O)c4ccccc4C3=O)C(=O)N2c2cccc(C)c2)cc(OC)c1OC. The number of imide groups is 1. The van der Waals surface area contributed by atoms with E-state index in [1.165, 1.54) is 21.3 Å². The number of ether oxygens (including phenoxy) is 3. The van der Waals surface area contributed by atoms with Crippen LogP contribution in [0.15, 0.2) is 60.7 Å². The maximum Gasteiger partial charge on any atom is 0.262 e. The molecule has 2 aliphatic rings. The number of carbonyl (C=O) groups is 3. The van der Waals surface area contributed by atoms with Crippen molar-refractivity contribution in [3.63, 3.8) is 0 Å². The lowest BCUT2D eigenvalue weighted by atomic mass is 9.85. The normalized spacial score (nSPS) is 18.9. The Morgan fingerprint density at radius 1 is 0.686 bits per heavy atom. The van der Waals surface area contributed by atoms with Crippen molar-refractivity contribution in [1.82, 2.24) is 4.90 Å². The van der Waals surface area contributed by atoms with E-state index in [-0.39, 0.29) is 5.91 Å². The van der Waals surface area contributed by atoms with Crippen molar-refractivity contribution < 1.29 is 28.6 Å². The molecule has 1 saturated heterocycles. The Balaban J connectivity index is 1.66. The van der Waals surface area contributed by atoms with Gasteiger partial charge in [-0.15, -0.1) is 0 Å². The third-order valence-electron chi connectivity index (χ3n) is 6.48. The van der Waals surface area contributed by atoms with E-state index in [0.29, 0.717) is 39.6 Å². The molecule has 0 spiro atoms. The van der Waals surface area contributed by atoms with Crippen LogP contribution in [0.4, 0.5) is 5.69 Å². The Hall–Kier alpha value is -4.33. The smallest absolute Gasteiger partial charge is 0.262 e. The summed E-state index contributed by atoms with van der Waals surface area (Å²) in [6, 6.07) is 15.9. The lowest BCUT2D eigenvalue weighted by Crippen LogP contribution is -2.67. The monoisotopic (exact) mass is 472 g/mol. The van der Waals surface area contributed by atoms with E-state index in [4.69, 9.17) is 14.2 Å². The highest BCUT2D eigenvalue weighted by atomic mass is 16.5. The van der Waals surface area contributed by atoms with Crippen LogP contribution < -0.4 is 19.1 Å². The van der Waals surface area contributed by atoms with Gasteiger partial charge in [-0.1, -0.05) is 24.3 Å². The summed E-state index contributed by atoms with van der Waals surface area (Å²) in [5.41, 5.74) is 2.87. The number of amides is 3. The summed E-state index contributed by atoms with van der Waals surface area (Å²) in [7, 11) is 4.52. The van der Waals surface area contributed by atoms with Gasteiger partial charge in [-0.05, 0) is 54.4 Å². The molecule has 2 atom stereocenters. The van der Waals surface area contributed by atoms with Gasteiger partial charge in [0.1, 0.15) is 6.04 Å². The molecule has 3 aromatic rings. The van der Waals surface area contributed by atoms with Gasteiger partial charge in [0, 0.05) is 5.69 Å². The van der Waals surface area contributed by atoms with Crippen LogP contribution in [-0.4, -0.2) is 50.0 Å². The van der Waals surface area contributed by atoms with Crippen LogP contribution in [0.25, 0.3) is 0 Å². The van der Waals surface area contributed by atoms with E-state index in [1.54, 1.807) is 41.3 Å². The highest BCUT2D eigenvalue weighted by molar-refractivity contribution is 6.24. The molecule has 2 aliphatic heterocycles. The van der Waals surface area contributed by atoms with Gasteiger partial charge in [-0.25, -0.2) is 0 Å². The van der Waals surface area contributed by atoms with Crippen molar-refractivity contribution in [2.45, 2.75) is 19.0 Å². The summed E-state index contributed by atoms with van der Waals surface area (Å²) >= 11 is 0. The molecular weight excluding hydrogens is 448 g/mol. The largest absolute Gasteiger partial charge is 0.493 e. The molecule has 0 bridgehead atoms. The molecule has 0 N–H and O–H groups in total. The first-order valence-corrected chi connectivity index (χ1v) is 11.1. The van der Waals surface area contributed by atoms with Gasteiger partial charge in [0.2, 0.25) is 5.75 Å². The maximum absolute atomic E-state index is 13.6. The first-order valence-electron chi connectivity index (χ1n) is 11.1. The zero-order valence-corrected chi connectivity index (χ0v) is 19.8. The van der Waals surface area contributed by atoms with Gasteiger partial charge < -0.3 is 19.1 Å². The van der Waals surface area contributed by atoms with E-state index in [2.05, 4.69) is 0 Å². The molecule has 0 radical (unpaired) electrons. The van der Waals surface area contributed by atoms with E-state index in [0.717, 1.165) is 10.5 Å². The Morgan fingerprint density at radius 3 is 1.80 bits per heavy atom. The molecule has 0 aromatic heterocycles. The van der Waals surface area contributed by atoms with Gasteiger partial charge in [0.05, 0.1) is 38.5 Å². The van der Waals surface area contributed by atoms with E-state index >= 15 is 0 Å². The molecule has 5 rings (SSSR count). The molecule has 35 heavy (non-hydrogen) atoms. The molecule has 0 unspecified atom stereocenters. The Labute approximate surface area is 202 Å². The Morgan fingerprint density at radius 2 is 1.29 bits per heavy atom. The molecular formula is C27H24N2O6. The van der Waals surface area contributed by atoms with Crippen LogP contribution in [0.5, 0.6) is 17.2 Å². The molecule has 1 fully saturated rings. The van der Waals surface area contributed by atoms with Crippen LogP contribution in [0, 0.1) is 6.92 Å². The van der Waals surface area contributed by atoms with Crippen LogP contribution in [0.3, 0.4) is 0 Å². The minimum atomic E-state index is -1.02. The van der Waals surface area contributed by atoms with Gasteiger partial charge in [-0.3, -0.25) is 19.3 Å². The van der Waals surface area contributed by atoms with Crippen LogP contribution >= 0.6 is 0 Å². The lowest BCUT2D eigenvalue weighted by Gasteiger charge is -2.50. The number of anilines is 1. The summed E-state index contributed by atoms with van der Waals surface area (Å²) in [5, 5.41) is 0. The third kappa shape index (κ3) is 3.32. The van der Waals surface area contributed by atoms with Crippen molar-refractivity contribution in [3.05, 3.63) is 82.9 Å². The number of hydrogen-bond donors (Lipinski definition) is 0. The van der Waals surface area contributed by atoms with E-state index < -0.39 is 23.9 Å². The number of carbonyl (C=O) groups excluding carboxylic acids is 3. The van der Waals surface area contributed by atoms with Gasteiger partial charge in [0.25, 0.3) is 17.7 Å². The fraction of sp³-hybridized carbons (Fsp3) is 0.222. The summed E-state index contributed by atoms with van der Waals surface area (Å²) in [6.45, 7) is 1.93. The number of methoxy groups -OCH3 is 3. The predicted molar refractivity (Wildman–Crippen MR) is 128 cm³/mol. The molecule has 8 nitrogen and oxygen atoms in total. The summed E-state index contributed by atoms with van der Waals surface area (Å²) in [6.07, 6.45) is 0. The predicted octanol–water partition coefficient (Wildman–Crippen LogP) is 3.77. The number of rotatable bonds is 6. The first kappa shape index (κ1) is 22.5. The zero-order chi connectivity index (χ0) is 24.9. The van der Waals surface area contributed by atoms with E-state index in [9.17, 15) is 14.4 Å². The number of nitrogens with zero attached hydrogens (tertiary/aromatic N) is 2. The number of benzene rings is 3.